The molecule has 1 aliphatic rings. The van der Waals surface area contributed by atoms with Crippen molar-refractivity contribution in [1.29, 1.82) is 0 Å². The minimum atomic E-state index is -4.39. The number of hydrogen-bond acceptors (Lipinski definition) is 6. The summed E-state index contributed by atoms with van der Waals surface area (Å²) in [4.78, 5) is 11.5. The van der Waals surface area contributed by atoms with Crippen molar-refractivity contribution in [2.75, 3.05) is 25.1 Å². The maximum Gasteiger partial charge on any atom is 0.416 e. The van der Waals surface area contributed by atoms with Crippen LogP contribution in [0.1, 0.15) is 41.8 Å². The Morgan fingerprint density at radius 2 is 1.69 bits per heavy atom. The quantitative estimate of drug-likeness (QED) is 0.325. The number of benzene rings is 2. The molecule has 1 atom stereocenters. The smallest absolute Gasteiger partial charge is 0.416 e. The highest BCUT2D eigenvalue weighted by molar-refractivity contribution is 5.85. The number of anilines is 1. The van der Waals surface area contributed by atoms with Crippen LogP contribution in [0.15, 0.2) is 54.6 Å². The third-order valence-electron chi connectivity index (χ3n) is 6.35. The third-order valence-corrected chi connectivity index (χ3v) is 6.35. The van der Waals surface area contributed by atoms with E-state index in [1.165, 1.54) is 12.1 Å². The summed E-state index contributed by atoms with van der Waals surface area (Å²) in [7, 11) is 1.55. The topological polar surface area (TPSA) is 65.3 Å². The fourth-order valence-electron chi connectivity index (χ4n) is 4.17. The van der Waals surface area contributed by atoms with E-state index in [4.69, 9.17) is 19.6 Å². The number of aromatic nitrogens is 4. The van der Waals surface area contributed by atoms with E-state index in [1.54, 1.807) is 11.8 Å². The van der Waals surface area contributed by atoms with Crippen molar-refractivity contribution in [1.82, 2.24) is 19.7 Å². The van der Waals surface area contributed by atoms with Crippen LogP contribution in [0.3, 0.4) is 0 Å². The molecule has 0 N–H and O–H groups in total. The minimum absolute atomic E-state index is 0.195. The lowest BCUT2D eigenvalue weighted by atomic mass is 10.1. The number of ether oxygens (including phenoxy) is 2. The predicted molar refractivity (Wildman–Crippen MR) is 129 cm³/mol. The summed E-state index contributed by atoms with van der Waals surface area (Å²) in [6, 6.07) is 14.5. The van der Waals surface area contributed by atoms with Crippen LogP contribution in [0.5, 0.6) is 5.88 Å². The Balaban J connectivity index is 1.53. The summed E-state index contributed by atoms with van der Waals surface area (Å²) < 4.78 is 52.5. The number of fused-ring (bicyclic) bond motifs is 1. The molecule has 1 aliphatic heterocycles. The SMILES string of the molecule is COc1nc(N2CCC2)nc2c1c(COCc1ccccc1)nn2[C@@H](C)c1ccc(C(F)(F)F)cc1. The zero-order valence-electron chi connectivity index (χ0n) is 20.0. The van der Waals surface area contributed by atoms with Gasteiger partial charge in [-0.1, -0.05) is 42.5 Å². The van der Waals surface area contributed by atoms with Gasteiger partial charge in [0.25, 0.3) is 0 Å². The number of rotatable bonds is 8. The van der Waals surface area contributed by atoms with Gasteiger partial charge in [0.05, 0.1) is 31.9 Å². The summed E-state index contributed by atoms with van der Waals surface area (Å²) in [6.07, 6.45) is -3.33. The monoisotopic (exact) mass is 497 g/mol. The van der Waals surface area contributed by atoms with Crippen molar-refractivity contribution in [2.45, 2.75) is 38.8 Å². The summed E-state index contributed by atoms with van der Waals surface area (Å²) in [6.45, 7) is 4.18. The average Bonchev–Trinajstić information content (AvgIpc) is 3.21. The summed E-state index contributed by atoms with van der Waals surface area (Å²) >= 11 is 0. The van der Waals surface area contributed by atoms with Gasteiger partial charge in [-0.3, -0.25) is 0 Å². The molecular weight excluding hydrogens is 471 g/mol. The van der Waals surface area contributed by atoms with E-state index in [9.17, 15) is 13.2 Å². The van der Waals surface area contributed by atoms with E-state index < -0.39 is 11.7 Å². The molecule has 1 saturated heterocycles. The van der Waals surface area contributed by atoms with Gasteiger partial charge in [-0.05, 0) is 36.6 Å². The van der Waals surface area contributed by atoms with Crippen LogP contribution in [-0.4, -0.2) is 39.9 Å². The molecule has 0 aliphatic carbocycles. The summed E-state index contributed by atoms with van der Waals surface area (Å²) in [5, 5.41) is 5.42. The molecular formula is C26H26F3N5O2. The van der Waals surface area contributed by atoms with Crippen molar-refractivity contribution in [3.63, 3.8) is 0 Å². The maximum absolute atomic E-state index is 13.1. The zero-order chi connectivity index (χ0) is 25.3. The molecule has 0 bridgehead atoms. The van der Waals surface area contributed by atoms with E-state index in [1.807, 2.05) is 42.2 Å². The number of hydrogen-bond donors (Lipinski definition) is 0. The van der Waals surface area contributed by atoms with Crippen LogP contribution in [0.4, 0.5) is 19.1 Å². The molecule has 2 aromatic heterocycles. The van der Waals surface area contributed by atoms with E-state index in [2.05, 4.69) is 4.98 Å². The van der Waals surface area contributed by atoms with Crippen molar-refractivity contribution in [2.24, 2.45) is 0 Å². The molecule has 36 heavy (non-hydrogen) atoms. The lowest BCUT2D eigenvalue weighted by Gasteiger charge is -2.31. The van der Waals surface area contributed by atoms with Crippen LogP contribution >= 0.6 is 0 Å². The van der Waals surface area contributed by atoms with Gasteiger partial charge >= 0.3 is 6.18 Å². The van der Waals surface area contributed by atoms with Crippen molar-refractivity contribution in [3.05, 3.63) is 77.0 Å². The Morgan fingerprint density at radius 1 is 0.972 bits per heavy atom. The van der Waals surface area contributed by atoms with Gasteiger partial charge in [0.15, 0.2) is 5.65 Å². The Hall–Kier alpha value is -3.66. The molecule has 0 radical (unpaired) electrons. The number of halogens is 3. The Morgan fingerprint density at radius 3 is 2.31 bits per heavy atom. The second-order valence-electron chi connectivity index (χ2n) is 8.74. The lowest BCUT2D eigenvalue weighted by molar-refractivity contribution is -0.137. The van der Waals surface area contributed by atoms with Crippen molar-refractivity contribution < 1.29 is 22.6 Å². The number of alkyl halides is 3. The van der Waals surface area contributed by atoms with Crippen LogP contribution in [-0.2, 0) is 24.1 Å². The first-order valence-corrected chi connectivity index (χ1v) is 11.7. The minimum Gasteiger partial charge on any atom is -0.480 e. The Labute approximate surface area is 206 Å². The van der Waals surface area contributed by atoms with E-state index in [-0.39, 0.29) is 12.6 Å². The third kappa shape index (κ3) is 4.73. The Kier molecular flexibility index (Phi) is 6.53. The fraction of sp³-hybridized carbons (Fsp3) is 0.346. The molecule has 0 saturated carbocycles. The highest BCUT2D eigenvalue weighted by Gasteiger charge is 2.31. The van der Waals surface area contributed by atoms with Crippen LogP contribution in [0.2, 0.25) is 0 Å². The molecule has 4 aromatic rings. The first-order chi connectivity index (χ1) is 17.3. The van der Waals surface area contributed by atoms with Crippen LogP contribution < -0.4 is 9.64 Å². The highest BCUT2D eigenvalue weighted by atomic mass is 19.4. The lowest BCUT2D eigenvalue weighted by Crippen LogP contribution is -2.38. The highest BCUT2D eigenvalue weighted by Crippen LogP contribution is 2.34. The van der Waals surface area contributed by atoms with Gasteiger partial charge in [-0.2, -0.15) is 28.2 Å². The van der Waals surface area contributed by atoms with Gasteiger partial charge < -0.3 is 14.4 Å². The Bertz CT molecular complexity index is 1340. The van der Waals surface area contributed by atoms with Gasteiger partial charge in [0.1, 0.15) is 11.1 Å². The summed E-state index contributed by atoms with van der Waals surface area (Å²) in [5.74, 6) is 0.939. The molecule has 0 spiro atoms. The molecule has 10 heteroatoms. The van der Waals surface area contributed by atoms with Crippen LogP contribution in [0.25, 0.3) is 11.0 Å². The largest absolute Gasteiger partial charge is 0.480 e. The summed E-state index contributed by atoms with van der Waals surface area (Å²) in [5.41, 5.74) is 2.17. The van der Waals surface area contributed by atoms with Crippen LogP contribution in [0, 0.1) is 0 Å². The fourth-order valence-corrected chi connectivity index (χ4v) is 4.17. The predicted octanol–water partition coefficient (Wildman–Crippen LogP) is 5.39. The molecule has 3 heterocycles. The molecule has 0 unspecified atom stereocenters. The standard InChI is InChI=1S/C26H26F3N5O2/c1-17(19-9-11-20(12-10-19)26(27,28)29)34-23-22(24(35-2)31-25(30-23)33-13-6-14-33)21(32-34)16-36-15-18-7-4-3-5-8-18/h3-5,7-12,17H,6,13-16H2,1-2H3/t17-/m0/s1. The first-order valence-electron chi connectivity index (χ1n) is 11.7. The van der Waals surface area contributed by atoms with E-state index in [0.717, 1.165) is 37.2 Å². The molecule has 2 aromatic carbocycles. The number of methoxy groups -OCH3 is 1. The zero-order valence-corrected chi connectivity index (χ0v) is 20.0. The normalized spacial score (nSPS) is 14.6. The second-order valence-corrected chi connectivity index (χ2v) is 8.74. The number of nitrogens with zero attached hydrogens (tertiary/aromatic N) is 5. The van der Waals surface area contributed by atoms with E-state index in [0.29, 0.717) is 40.7 Å². The average molecular weight is 498 g/mol. The molecule has 5 rings (SSSR count). The first kappa shape index (κ1) is 24.1. The maximum atomic E-state index is 13.1. The van der Waals surface area contributed by atoms with Gasteiger partial charge in [-0.15, -0.1) is 0 Å². The van der Waals surface area contributed by atoms with Crippen molar-refractivity contribution >= 4 is 17.0 Å². The van der Waals surface area contributed by atoms with Gasteiger partial charge in [-0.25, -0.2) is 4.68 Å². The van der Waals surface area contributed by atoms with Gasteiger partial charge in [0, 0.05) is 13.1 Å². The van der Waals surface area contributed by atoms with Gasteiger partial charge in [0.2, 0.25) is 11.8 Å². The van der Waals surface area contributed by atoms with E-state index >= 15 is 0 Å². The second kappa shape index (κ2) is 9.77. The molecule has 1 fully saturated rings. The molecule has 188 valence electrons. The molecule has 7 nitrogen and oxygen atoms in total. The van der Waals surface area contributed by atoms with Crippen molar-refractivity contribution in [3.8, 4) is 5.88 Å². The molecule has 0 amide bonds.